The molecule has 1 unspecified atom stereocenters. The van der Waals surface area contributed by atoms with Gasteiger partial charge in [-0.1, -0.05) is 23.4 Å². The lowest BCUT2D eigenvalue weighted by Crippen LogP contribution is -2.24. The fourth-order valence-corrected chi connectivity index (χ4v) is 4.64. The van der Waals surface area contributed by atoms with Crippen molar-refractivity contribution in [3.05, 3.63) is 28.9 Å². The average molecular weight is 461 g/mol. The zero-order valence-corrected chi connectivity index (χ0v) is 19.8. The van der Waals surface area contributed by atoms with Crippen LogP contribution in [0.3, 0.4) is 0 Å². The van der Waals surface area contributed by atoms with Crippen molar-refractivity contribution in [2.45, 2.75) is 24.6 Å². The highest BCUT2D eigenvalue weighted by Crippen LogP contribution is 2.43. The van der Waals surface area contributed by atoms with Crippen LogP contribution in [0.2, 0.25) is 5.02 Å². The van der Waals surface area contributed by atoms with E-state index >= 15 is 0 Å². The predicted molar refractivity (Wildman–Crippen MR) is 125 cm³/mol. The van der Waals surface area contributed by atoms with E-state index in [1.165, 1.54) is 11.8 Å². The zero-order valence-electron chi connectivity index (χ0n) is 18.2. The number of ether oxygens (including phenoxy) is 3. The Bertz CT molecular complexity index is 1100. The molecule has 0 radical (unpaired) electrons. The van der Waals surface area contributed by atoms with Gasteiger partial charge in [0.05, 0.1) is 31.0 Å². The van der Waals surface area contributed by atoms with Crippen molar-refractivity contribution in [1.82, 2.24) is 15.0 Å². The van der Waals surface area contributed by atoms with Crippen molar-refractivity contribution >= 4 is 40.1 Å². The Morgan fingerprint density at radius 1 is 1.13 bits per heavy atom. The molecule has 2 aromatic heterocycles. The molecule has 9 heteroatoms. The van der Waals surface area contributed by atoms with Gasteiger partial charge in [-0.2, -0.15) is 0 Å². The van der Waals surface area contributed by atoms with Crippen LogP contribution >= 0.6 is 23.4 Å². The molecule has 0 amide bonds. The molecule has 0 aliphatic carbocycles. The molecular formula is C22H25ClN4O3S. The third kappa shape index (κ3) is 4.00. The second kappa shape index (κ2) is 9.06. The Labute approximate surface area is 191 Å². The number of thioether (sulfide) groups is 1. The summed E-state index contributed by atoms with van der Waals surface area (Å²) in [5.41, 5.74) is 3.22. The van der Waals surface area contributed by atoms with Crippen molar-refractivity contribution in [2.24, 2.45) is 0 Å². The largest absolute Gasteiger partial charge is 0.496 e. The maximum absolute atomic E-state index is 6.75. The summed E-state index contributed by atoms with van der Waals surface area (Å²) in [6.07, 6.45) is 4.92. The number of halogens is 1. The summed E-state index contributed by atoms with van der Waals surface area (Å²) in [6.45, 7) is 3.57. The third-order valence-electron chi connectivity index (χ3n) is 5.62. The van der Waals surface area contributed by atoms with Crippen molar-refractivity contribution in [3.8, 4) is 22.8 Å². The molecule has 0 bridgehead atoms. The van der Waals surface area contributed by atoms with Crippen LogP contribution in [0.1, 0.15) is 12.0 Å². The van der Waals surface area contributed by atoms with E-state index in [4.69, 9.17) is 35.8 Å². The number of fused-ring (bicyclic) bond motifs is 1. The highest BCUT2D eigenvalue weighted by Gasteiger charge is 2.27. The van der Waals surface area contributed by atoms with E-state index in [9.17, 15) is 0 Å². The SMILES string of the molecule is COc1cc(OC)c(Cl)c(-c2cc3cnc(SC)nc3c(N3CCC(OC)C3)n2)c1C. The minimum absolute atomic E-state index is 0.171. The van der Waals surface area contributed by atoms with Gasteiger partial charge in [0.1, 0.15) is 17.0 Å². The van der Waals surface area contributed by atoms with Gasteiger partial charge in [-0.05, 0) is 25.7 Å². The normalized spacial score (nSPS) is 16.2. The van der Waals surface area contributed by atoms with E-state index < -0.39 is 0 Å². The van der Waals surface area contributed by atoms with E-state index in [1.807, 2.05) is 25.4 Å². The van der Waals surface area contributed by atoms with Crippen LogP contribution in [0.4, 0.5) is 5.82 Å². The molecule has 1 aromatic carbocycles. The molecule has 1 aliphatic heterocycles. The maximum atomic E-state index is 6.75. The summed E-state index contributed by atoms with van der Waals surface area (Å²) in [6, 6.07) is 3.76. The molecule has 0 saturated carbocycles. The van der Waals surface area contributed by atoms with Crippen molar-refractivity contribution in [2.75, 3.05) is 45.6 Å². The number of rotatable bonds is 6. The number of anilines is 1. The first-order chi connectivity index (χ1) is 15.0. The first kappa shape index (κ1) is 21.9. The summed E-state index contributed by atoms with van der Waals surface area (Å²) in [4.78, 5) is 16.5. The van der Waals surface area contributed by atoms with Gasteiger partial charge in [-0.25, -0.2) is 15.0 Å². The number of pyridine rings is 1. The summed E-state index contributed by atoms with van der Waals surface area (Å²) in [5, 5.41) is 2.11. The van der Waals surface area contributed by atoms with E-state index in [1.54, 1.807) is 27.4 Å². The number of methoxy groups -OCH3 is 3. The van der Waals surface area contributed by atoms with Gasteiger partial charge < -0.3 is 19.1 Å². The fourth-order valence-electron chi connectivity index (χ4n) is 3.93. The van der Waals surface area contributed by atoms with Crippen LogP contribution < -0.4 is 14.4 Å². The van der Waals surface area contributed by atoms with Gasteiger partial charge in [-0.15, -0.1) is 0 Å². The van der Waals surface area contributed by atoms with Crippen LogP contribution in [0.15, 0.2) is 23.5 Å². The molecule has 1 fully saturated rings. The highest BCUT2D eigenvalue weighted by molar-refractivity contribution is 7.98. The van der Waals surface area contributed by atoms with E-state index in [0.717, 1.165) is 53.1 Å². The summed E-state index contributed by atoms with van der Waals surface area (Å²) in [5.74, 6) is 2.04. The number of hydrogen-bond acceptors (Lipinski definition) is 8. The Morgan fingerprint density at radius 3 is 2.55 bits per heavy atom. The van der Waals surface area contributed by atoms with Crippen molar-refractivity contribution in [1.29, 1.82) is 0 Å². The van der Waals surface area contributed by atoms with Gasteiger partial charge in [0, 0.05) is 49.0 Å². The maximum Gasteiger partial charge on any atom is 0.187 e. The van der Waals surface area contributed by atoms with Crippen LogP contribution in [-0.4, -0.2) is 61.7 Å². The number of aromatic nitrogens is 3. The monoisotopic (exact) mass is 460 g/mol. The lowest BCUT2D eigenvalue weighted by molar-refractivity contribution is 0.121. The van der Waals surface area contributed by atoms with Gasteiger partial charge in [-0.3, -0.25) is 0 Å². The molecular weight excluding hydrogens is 436 g/mol. The highest BCUT2D eigenvalue weighted by atomic mass is 35.5. The molecule has 3 aromatic rings. The second-order valence-electron chi connectivity index (χ2n) is 7.31. The average Bonchev–Trinajstić information content (AvgIpc) is 3.27. The quantitative estimate of drug-likeness (QED) is 0.390. The minimum Gasteiger partial charge on any atom is -0.496 e. The third-order valence-corrected chi connectivity index (χ3v) is 6.56. The van der Waals surface area contributed by atoms with Crippen LogP contribution in [0.25, 0.3) is 22.2 Å². The Kier molecular flexibility index (Phi) is 6.41. The standard InChI is InChI=1S/C22H25ClN4O3S/c1-12-16(29-3)9-17(30-4)19(23)18(12)15-8-13-10-24-22(31-5)26-20(13)21(25-15)27-7-6-14(11-27)28-2/h8-10,14H,6-7,11H2,1-5H3. The van der Waals surface area contributed by atoms with Gasteiger partial charge in [0.15, 0.2) is 11.0 Å². The summed E-state index contributed by atoms with van der Waals surface area (Å²) >= 11 is 8.25. The number of hydrogen-bond donors (Lipinski definition) is 0. The van der Waals surface area contributed by atoms with Crippen molar-refractivity contribution < 1.29 is 14.2 Å². The van der Waals surface area contributed by atoms with Crippen LogP contribution in [0.5, 0.6) is 11.5 Å². The summed E-state index contributed by atoms with van der Waals surface area (Å²) < 4.78 is 16.6. The molecule has 0 N–H and O–H groups in total. The molecule has 0 spiro atoms. The van der Waals surface area contributed by atoms with Crippen molar-refractivity contribution in [3.63, 3.8) is 0 Å². The van der Waals surface area contributed by atoms with E-state index in [0.29, 0.717) is 21.7 Å². The lowest BCUT2D eigenvalue weighted by Gasteiger charge is -2.21. The molecule has 1 aliphatic rings. The Hall–Kier alpha value is -2.29. The van der Waals surface area contributed by atoms with E-state index in [2.05, 4.69) is 9.88 Å². The summed E-state index contributed by atoms with van der Waals surface area (Å²) in [7, 11) is 4.97. The van der Waals surface area contributed by atoms with Gasteiger partial charge in [0.2, 0.25) is 0 Å². The van der Waals surface area contributed by atoms with Gasteiger partial charge in [0.25, 0.3) is 0 Å². The zero-order chi connectivity index (χ0) is 22.1. The second-order valence-corrected chi connectivity index (χ2v) is 8.46. The molecule has 164 valence electrons. The smallest absolute Gasteiger partial charge is 0.187 e. The Morgan fingerprint density at radius 2 is 1.90 bits per heavy atom. The lowest BCUT2D eigenvalue weighted by atomic mass is 10.0. The first-order valence-electron chi connectivity index (χ1n) is 9.91. The topological polar surface area (TPSA) is 69.6 Å². The molecule has 7 nitrogen and oxygen atoms in total. The fraction of sp³-hybridized carbons (Fsp3) is 0.409. The number of nitrogens with zero attached hydrogens (tertiary/aromatic N) is 4. The minimum atomic E-state index is 0.171. The van der Waals surface area contributed by atoms with Gasteiger partial charge >= 0.3 is 0 Å². The number of benzene rings is 1. The first-order valence-corrected chi connectivity index (χ1v) is 11.5. The van der Waals surface area contributed by atoms with Crippen LogP contribution in [0, 0.1) is 6.92 Å². The molecule has 31 heavy (non-hydrogen) atoms. The Balaban J connectivity index is 1.97. The molecule has 1 saturated heterocycles. The predicted octanol–water partition coefficient (Wildman–Crippen LogP) is 4.62. The molecule has 1 atom stereocenters. The molecule has 4 rings (SSSR count). The molecule has 3 heterocycles. The van der Waals surface area contributed by atoms with E-state index in [-0.39, 0.29) is 6.10 Å². The van der Waals surface area contributed by atoms with Crippen LogP contribution in [-0.2, 0) is 4.74 Å².